The van der Waals surface area contributed by atoms with Crippen molar-refractivity contribution in [1.29, 1.82) is 0 Å². The molecule has 136 valence electrons. The van der Waals surface area contributed by atoms with Crippen molar-refractivity contribution in [2.24, 2.45) is 0 Å². The molecular weight excluding hydrogens is 380 g/mol. The van der Waals surface area contributed by atoms with Crippen molar-refractivity contribution in [3.8, 4) is 0 Å². The second-order valence-corrected chi connectivity index (χ2v) is 8.45. The Bertz CT molecular complexity index is 1000. The van der Waals surface area contributed by atoms with Gasteiger partial charge in [0.05, 0.1) is 0 Å². The zero-order valence-electron chi connectivity index (χ0n) is 13.4. The van der Waals surface area contributed by atoms with Crippen molar-refractivity contribution in [2.45, 2.75) is 17.5 Å². The molecule has 2 aromatic carbocycles. The minimum atomic E-state index is -4.12. The molecule has 0 amide bonds. The average Bonchev–Trinajstić information content (AvgIpc) is 3.09. The van der Waals surface area contributed by atoms with Gasteiger partial charge in [0.1, 0.15) is 22.6 Å². The fourth-order valence-corrected chi connectivity index (χ4v) is 4.50. The first-order valence-corrected chi connectivity index (χ1v) is 9.93. The largest absolute Gasteiger partial charge is 0.383 e. The highest BCUT2D eigenvalue weighted by molar-refractivity contribution is 7.89. The summed E-state index contributed by atoms with van der Waals surface area (Å²) in [5, 5.41) is 10.4. The van der Waals surface area contributed by atoms with Crippen LogP contribution in [0.1, 0.15) is 21.4 Å². The van der Waals surface area contributed by atoms with E-state index in [1.165, 1.54) is 11.3 Å². The summed E-state index contributed by atoms with van der Waals surface area (Å²) < 4.78 is 53.3. The van der Waals surface area contributed by atoms with E-state index in [1.54, 1.807) is 24.3 Å². The highest BCUT2D eigenvalue weighted by Gasteiger charge is 2.20. The zero-order valence-corrected chi connectivity index (χ0v) is 15.0. The molecule has 0 saturated heterocycles. The number of rotatable bonds is 6. The number of thiophene rings is 1. The molecular formula is C18H15F2NO3S2. The summed E-state index contributed by atoms with van der Waals surface area (Å²) in [6.45, 7) is -0.0642. The fraction of sp³-hybridized carbons (Fsp3) is 0.111. The summed E-state index contributed by atoms with van der Waals surface area (Å²) in [4.78, 5) is 0.708. The Hall–Kier alpha value is -2.13. The average molecular weight is 395 g/mol. The molecule has 3 rings (SSSR count). The monoisotopic (exact) mass is 395 g/mol. The Morgan fingerprint density at radius 1 is 1.04 bits per heavy atom. The predicted octanol–water partition coefficient (Wildman–Crippen LogP) is 3.59. The molecule has 1 heterocycles. The lowest BCUT2D eigenvalue weighted by atomic mass is 10.1. The Kier molecular flexibility index (Phi) is 5.47. The van der Waals surface area contributed by atoms with Gasteiger partial charge in [-0.2, -0.15) is 0 Å². The van der Waals surface area contributed by atoms with Crippen molar-refractivity contribution >= 4 is 21.4 Å². The SMILES string of the molecule is O=S(=O)(NCc1ccc(C(O)c2ccccc2)s1)c1ccc(F)cc1F. The Morgan fingerprint density at radius 2 is 1.77 bits per heavy atom. The third-order valence-corrected chi connectivity index (χ3v) is 6.26. The number of halogens is 2. The first-order valence-electron chi connectivity index (χ1n) is 7.63. The molecule has 4 nitrogen and oxygen atoms in total. The second-order valence-electron chi connectivity index (χ2n) is 5.52. The third kappa shape index (κ3) is 4.16. The van der Waals surface area contributed by atoms with E-state index in [2.05, 4.69) is 4.72 Å². The van der Waals surface area contributed by atoms with E-state index in [1.807, 2.05) is 18.2 Å². The maximum atomic E-state index is 13.7. The molecule has 26 heavy (non-hydrogen) atoms. The van der Waals surface area contributed by atoms with E-state index >= 15 is 0 Å². The number of aliphatic hydroxyl groups excluding tert-OH is 1. The lowest BCUT2D eigenvalue weighted by molar-refractivity contribution is 0.224. The summed E-state index contributed by atoms with van der Waals surface area (Å²) in [6.07, 6.45) is -0.805. The smallest absolute Gasteiger partial charge is 0.243 e. The number of aliphatic hydroxyl groups is 1. The summed E-state index contributed by atoms with van der Waals surface area (Å²) >= 11 is 1.25. The maximum Gasteiger partial charge on any atom is 0.243 e. The van der Waals surface area contributed by atoms with Crippen LogP contribution >= 0.6 is 11.3 Å². The Morgan fingerprint density at radius 3 is 2.46 bits per heavy atom. The molecule has 1 aromatic heterocycles. The number of sulfonamides is 1. The third-order valence-electron chi connectivity index (χ3n) is 3.69. The van der Waals surface area contributed by atoms with Crippen LogP contribution in [-0.4, -0.2) is 13.5 Å². The first-order chi connectivity index (χ1) is 12.4. The molecule has 0 aliphatic heterocycles. The quantitative estimate of drug-likeness (QED) is 0.670. The predicted molar refractivity (Wildman–Crippen MR) is 95.2 cm³/mol. The van der Waals surface area contributed by atoms with Gasteiger partial charge in [-0.3, -0.25) is 0 Å². The molecule has 0 fully saturated rings. The highest BCUT2D eigenvalue weighted by Crippen LogP contribution is 2.28. The normalized spacial score (nSPS) is 12.9. The van der Waals surface area contributed by atoms with Gasteiger partial charge in [-0.05, 0) is 29.8 Å². The van der Waals surface area contributed by atoms with Gasteiger partial charge in [0.15, 0.2) is 0 Å². The first kappa shape index (κ1) is 18.7. The fourth-order valence-electron chi connectivity index (χ4n) is 2.37. The van der Waals surface area contributed by atoms with Gasteiger partial charge in [-0.15, -0.1) is 11.3 Å². The van der Waals surface area contributed by atoms with E-state index in [0.717, 1.165) is 17.7 Å². The van der Waals surface area contributed by atoms with Crippen LogP contribution in [0.25, 0.3) is 0 Å². The van der Waals surface area contributed by atoms with Gasteiger partial charge >= 0.3 is 0 Å². The minimum Gasteiger partial charge on any atom is -0.383 e. The maximum absolute atomic E-state index is 13.7. The van der Waals surface area contributed by atoms with Gasteiger partial charge in [0.2, 0.25) is 10.0 Å². The second kappa shape index (κ2) is 7.63. The molecule has 0 bridgehead atoms. The minimum absolute atomic E-state index is 0.0642. The molecule has 0 saturated carbocycles. The van der Waals surface area contributed by atoms with Gasteiger partial charge in [0, 0.05) is 22.4 Å². The van der Waals surface area contributed by atoms with Crippen LogP contribution in [0.2, 0.25) is 0 Å². The Balaban J connectivity index is 1.71. The zero-order chi connectivity index (χ0) is 18.7. The lowest BCUT2D eigenvalue weighted by Gasteiger charge is -2.08. The molecule has 0 spiro atoms. The summed E-state index contributed by atoms with van der Waals surface area (Å²) in [6, 6.07) is 14.8. The summed E-state index contributed by atoms with van der Waals surface area (Å²) in [5.41, 5.74) is 0.731. The molecule has 1 atom stereocenters. The molecule has 0 aliphatic carbocycles. The van der Waals surface area contributed by atoms with E-state index < -0.39 is 32.7 Å². The van der Waals surface area contributed by atoms with Crippen LogP contribution in [0.5, 0.6) is 0 Å². The number of hydrogen-bond acceptors (Lipinski definition) is 4. The van der Waals surface area contributed by atoms with E-state index in [4.69, 9.17) is 0 Å². The molecule has 3 aromatic rings. The van der Waals surface area contributed by atoms with E-state index in [0.29, 0.717) is 15.8 Å². The van der Waals surface area contributed by atoms with Gasteiger partial charge in [-0.25, -0.2) is 21.9 Å². The number of hydrogen-bond donors (Lipinski definition) is 2. The lowest BCUT2D eigenvalue weighted by Crippen LogP contribution is -2.23. The Labute approximate surface area is 153 Å². The van der Waals surface area contributed by atoms with Crippen molar-refractivity contribution < 1.29 is 22.3 Å². The standard InChI is InChI=1S/C18H15F2NO3S2/c19-13-6-9-17(15(20)10-13)26(23,24)21-11-14-7-8-16(25-14)18(22)12-4-2-1-3-5-12/h1-10,18,21-22H,11H2. The van der Waals surface area contributed by atoms with Gasteiger partial charge in [0.25, 0.3) is 0 Å². The van der Waals surface area contributed by atoms with Crippen molar-refractivity contribution in [1.82, 2.24) is 4.72 Å². The van der Waals surface area contributed by atoms with Crippen molar-refractivity contribution in [3.63, 3.8) is 0 Å². The van der Waals surface area contributed by atoms with Gasteiger partial charge < -0.3 is 5.11 Å². The molecule has 2 N–H and O–H groups in total. The number of benzene rings is 2. The van der Waals surface area contributed by atoms with Crippen molar-refractivity contribution in [3.05, 3.63) is 87.6 Å². The van der Waals surface area contributed by atoms with Crippen LogP contribution in [0.3, 0.4) is 0 Å². The highest BCUT2D eigenvalue weighted by atomic mass is 32.2. The van der Waals surface area contributed by atoms with E-state index in [9.17, 15) is 22.3 Å². The van der Waals surface area contributed by atoms with Gasteiger partial charge in [-0.1, -0.05) is 30.3 Å². The van der Waals surface area contributed by atoms with Crippen LogP contribution < -0.4 is 4.72 Å². The van der Waals surface area contributed by atoms with Crippen LogP contribution in [0.4, 0.5) is 8.78 Å². The topological polar surface area (TPSA) is 66.4 Å². The summed E-state index contributed by atoms with van der Waals surface area (Å²) in [7, 11) is -4.12. The number of nitrogens with one attached hydrogen (secondary N) is 1. The molecule has 1 unspecified atom stereocenters. The van der Waals surface area contributed by atoms with Crippen LogP contribution in [-0.2, 0) is 16.6 Å². The van der Waals surface area contributed by atoms with E-state index in [-0.39, 0.29) is 6.54 Å². The van der Waals surface area contributed by atoms with Crippen LogP contribution in [0.15, 0.2) is 65.6 Å². The van der Waals surface area contributed by atoms with Crippen molar-refractivity contribution in [2.75, 3.05) is 0 Å². The molecule has 0 radical (unpaired) electrons. The molecule has 8 heteroatoms. The molecule has 0 aliphatic rings. The summed E-state index contributed by atoms with van der Waals surface area (Å²) in [5.74, 6) is -2.00. The van der Waals surface area contributed by atoms with Crippen LogP contribution in [0, 0.1) is 11.6 Å².